The van der Waals surface area contributed by atoms with E-state index in [1.165, 1.54) is 7.11 Å². The Morgan fingerprint density at radius 1 is 1.45 bits per heavy atom. The van der Waals surface area contributed by atoms with Gasteiger partial charge in [0.05, 0.1) is 19.8 Å². The van der Waals surface area contributed by atoms with Gasteiger partial charge in [0.1, 0.15) is 0 Å². The number of hydrogen-bond acceptors (Lipinski definition) is 4. The monoisotopic (exact) mass is 278 g/mol. The molecule has 0 radical (unpaired) electrons. The molecule has 0 aliphatic carbocycles. The average molecular weight is 278 g/mol. The van der Waals surface area contributed by atoms with Gasteiger partial charge in [0, 0.05) is 24.3 Å². The van der Waals surface area contributed by atoms with E-state index in [4.69, 9.17) is 4.74 Å². The zero-order chi connectivity index (χ0) is 14.5. The molecule has 1 aromatic rings. The van der Waals surface area contributed by atoms with Gasteiger partial charge in [-0.25, -0.2) is 4.79 Å². The molecule has 1 aliphatic heterocycles. The van der Waals surface area contributed by atoms with Gasteiger partial charge in [0.25, 0.3) is 5.91 Å². The van der Waals surface area contributed by atoms with Gasteiger partial charge in [0.15, 0.2) is 0 Å². The molecular weight excluding hydrogens is 260 g/mol. The van der Waals surface area contributed by atoms with Crippen LogP contribution in [-0.2, 0) is 9.47 Å². The molecule has 20 heavy (non-hydrogen) atoms. The number of carbonyl (C=O) groups is 2. The first kappa shape index (κ1) is 14.3. The molecule has 0 spiro atoms. The van der Waals surface area contributed by atoms with Gasteiger partial charge in [-0.1, -0.05) is 6.07 Å². The lowest BCUT2D eigenvalue weighted by molar-refractivity contribution is -0.0124. The molecule has 1 aliphatic rings. The van der Waals surface area contributed by atoms with Crippen molar-refractivity contribution in [2.75, 3.05) is 32.1 Å². The van der Waals surface area contributed by atoms with Gasteiger partial charge in [-0.2, -0.15) is 0 Å². The molecule has 1 fully saturated rings. The summed E-state index contributed by atoms with van der Waals surface area (Å²) in [4.78, 5) is 25.3. The Morgan fingerprint density at radius 2 is 2.25 bits per heavy atom. The maximum absolute atomic E-state index is 12.4. The van der Waals surface area contributed by atoms with Crippen molar-refractivity contribution in [2.24, 2.45) is 0 Å². The van der Waals surface area contributed by atoms with Crippen LogP contribution in [0.5, 0.6) is 0 Å². The maximum atomic E-state index is 12.4. The maximum Gasteiger partial charge on any atom is 0.411 e. The van der Waals surface area contributed by atoms with Crippen molar-refractivity contribution in [2.45, 2.75) is 13.0 Å². The van der Waals surface area contributed by atoms with Crippen molar-refractivity contribution in [1.29, 1.82) is 0 Å². The van der Waals surface area contributed by atoms with E-state index < -0.39 is 6.09 Å². The van der Waals surface area contributed by atoms with E-state index in [9.17, 15) is 9.59 Å². The molecule has 2 amide bonds. The topological polar surface area (TPSA) is 67.9 Å². The summed E-state index contributed by atoms with van der Waals surface area (Å²) in [6.07, 6.45) is -0.515. The van der Waals surface area contributed by atoms with E-state index in [1.807, 2.05) is 6.92 Å². The molecule has 1 unspecified atom stereocenters. The molecule has 0 saturated carbocycles. The molecule has 1 atom stereocenters. The van der Waals surface area contributed by atoms with Crippen LogP contribution >= 0.6 is 0 Å². The number of ether oxygens (including phenoxy) is 2. The fraction of sp³-hybridized carbons (Fsp3) is 0.429. The molecule has 1 saturated heterocycles. The van der Waals surface area contributed by atoms with Gasteiger partial charge in [0.2, 0.25) is 0 Å². The van der Waals surface area contributed by atoms with Gasteiger partial charge in [-0.05, 0) is 25.1 Å². The normalized spacial score (nSPS) is 18.5. The summed E-state index contributed by atoms with van der Waals surface area (Å²) >= 11 is 0. The summed E-state index contributed by atoms with van der Waals surface area (Å²) in [5, 5.41) is 2.54. The highest BCUT2D eigenvalue weighted by molar-refractivity contribution is 5.96. The number of methoxy groups -OCH3 is 1. The van der Waals surface area contributed by atoms with Gasteiger partial charge in [-0.15, -0.1) is 0 Å². The highest BCUT2D eigenvalue weighted by atomic mass is 16.5. The van der Waals surface area contributed by atoms with E-state index in [1.54, 1.807) is 29.2 Å². The lowest BCUT2D eigenvalue weighted by atomic mass is 10.1. The number of benzene rings is 1. The molecule has 1 heterocycles. The smallest absolute Gasteiger partial charge is 0.411 e. The average Bonchev–Trinajstić information content (AvgIpc) is 2.46. The Hall–Kier alpha value is -2.08. The number of amides is 2. The molecule has 6 nitrogen and oxygen atoms in total. The third-order valence-electron chi connectivity index (χ3n) is 3.07. The fourth-order valence-electron chi connectivity index (χ4n) is 2.08. The second-order valence-electron chi connectivity index (χ2n) is 4.63. The summed E-state index contributed by atoms with van der Waals surface area (Å²) in [5.41, 5.74) is 1.07. The Bertz CT molecular complexity index is 504. The van der Waals surface area contributed by atoms with Crippen molar-refractivity contribution in [3.05, 3.63) is 29.8 Å². The zero-order valence-corrected chi connectivity index (χ0v) is 11.6. The summed E-state index contributed by atoms with van der Waals surface area (Å²) in [6, 6.07) is 6.79. The minimum Gasteiger partial charge on any atom is -0.453 e. The second-order valence-corrected chi connectivity index (χ2v) is 4.63. The predicted octanol–water partition coefficient (Wildman–Crippen LogP) is 1.73. The second kappa shape index (κ2) is 6.38. The van der Waals surface area contributed by atoms with Crippen LogP contribution in [0.2, 0.25) is 0 Å². The van der Waals surface area contributed by atoms with Crippen LogP contribution in [0.3, 0.4) is 0 Å². The third-order valence-corrected chi connectivity index (χ3v) is 3.07. The lowest BCUT2D eigenvalue weighted by Crippen LogP contribution is -2.44. The van der Waals surface area contributed by atoms with Gasteiger partial charge >= 0.3 is 6.09 Å². The molecule has 108 valence electrons. The number of nitrogens with zero attached hydrogens (tertiary/aromatic N) is 1. The van der Waals surface area contributed by atoms with E-state index in [0.29, 0.717) is 30.9 Å². The number of hydrogen-bond donors (Lipinski definition) is 1. The first-order valence-electron chi connectivity index (χ1n) is 6.46. The lowest BCUT2D eigenvalue weighted by Gasteiger charge is -2.31. The fourth-order valence-corrected chi connectivity index (χ4v) is 2.08. The summed E-state index contributed by atoms with van der Waals surface area (Å²) in [6.45, 7) is 3.65. The number of nitrogens with one attached hydrogen (secondary N) is 1. The first-order chi connectivity index (χ1) is 9.60. The van der Waals surface area contributed by atoms with Gasteiger partial charge in [-0.3, -0.25) is 10.1 Å². The molecule has 2 rings (SSSR count). The minimum absolute atomic E-state index is 0.0454. The van der Waals surface area contributed by atoms with Crippen LogP contribution < -0.4 is 5.32 Å². The Balaban J connectivity index is 2.09. The van der Waals surface area contributed by atoms with Crippen LogP contribution in [0.1, 0.15) is 17.3 Å². The quantitative estimate of drug-likeness (QED) is 0.894. The number of anilines is 1. The van der Waals surface area contributed by atoms with Crippen molar-refractivity contribution in [1.82, 2.24) is 4.90 Å². The van der Waals surface area contributed by atoms with Crippen LogP contribution in [-0.4, -0.2) is 49.8 Å². The van der Waals surface area contributed by atoms with E-state index in [-0.39, 0.29) is 12.0 Å². The Morgan fingerprint density at radius 3 is 2.95 bits per heavy atom. The highest BCUT2D eigenvalue weighted by Gasteiger charge is 2.22. The summed E-state index contributed by atoms with van der Waals surface area (Å²) < 4.78 is 9.94. The number of rotatable bonds is 2. The predicted molar refractivity (Wildman–Crippen MR) is 73.8 cm³/mol. The molecule has 0 bridgehead atoms. The minimum atomic E-state index is -0.561. The first-order valence-corrected chi connectivity index (χ1v) is 6.46. The van der Waals surface area contributed by atoms with Crippen LogP contribution in [0.15, 0.2) is 24.3 Å². The van der Waals surface area contributed by atoms with Crippen LogP contribution in [0, 0.1) is 0 Å². The molecule has 6 heteroatoms. The Kier molecular flexibility index (Phi) is 4.57. The number of morpholine rings is 1. The highest BCUT2D eigenvalue weighted by Crippen LogP contribution is 2.15. The van der Waals surface area contributed by atoms with Crippen molar-refractivity contribution in [3.63, 3.8) is 0 Å². The van der Waals surface area contributed by atoms with Crippen LogP contribution in [0.25, 0.3) is 0 Å². The number of carbonyl (C=O) groups excluding carboxylic acids is 2. The molecular formula is C14H18N2O4. The largest absolute Gasteiger partial charge is 0.453 e. The third kappa shape index (κ3) is 3.48. The van der Waals surface area contributed by atoms with E-state index in [2.05, 4.69) is 10.1 Å². The van der Waals surface area contributed by atoms with Gasteiger partial charge < -0.3 is 14.4 Å². The summed E-state index contributed by atoms with van der Waals surface area (Å²) in [7, 11) is 1.29. The SMILES string of the molecule is COC(=O)Nc1cccc(C(=O)N2CCOC(C)C2)c1. The zero-order valence-electron chi connectivity index (χ0n) is 11.6. The summed E-state index contributed by atoms with van der Waals surface area (Å²) in [5.74, 6) is -0.0614. The van der Waals surface area contributed by atoms with Crippen molar-refractivity contribution in [3.8, 4) is 0 Å². The van der Waals surface area contributed by atoms with E-state index in [0.717, 1.165) is 0 Å². The molecule has 1 aromatic carbocycles. The molecule has 1 N–H and O–H groups in total. The molecule has 0 aromatic heterocycles. The van der Waals surface area contributed by atoms with E-state index >= 15 is 0 Å². The van der Waals surface area contributed by atoms with Crippen molar-refractivity contribution >= 4 is 17.7 Å². The Labute approximate surface area is 117 Å². The standard InChI is InChI=1S/C14H18N2O4/c1-10-9-16(6-7-20-10)13(17)11-4-3-5-12(8-11)15-14(18)19-2/h3-5,8,10H,6-7,9H2,1-2H3,(H,15,18). The van der Waals surface area contributed by atoms with Crippen LogP contribution in [0.4, 0.5) is 10.5 Å². The van der Waals surface area contributed by atoms with Crippen molar-refractivity contribution < 1.29 is 19.1 Å².